The van der Waals surface area contributed by atoms with Gasteiger partial charge in [-0.1, -0.05) is 25.1 Å². The molecule has 4 aromatic rings. The third-order valence-corrected chi connectivity index (χ3v) is 9.55. The van der Waals surface area contributed by atoms with E-state index in [2.05, 4.69) is 39.2 Å². The second kappa shape index (κ2) is 11.4. The maximum Gasteiger partial charge on any atom is 0.259 e. The fourth-order valence-electron chi connectivity index (χ4n) is 6.54. The van der Waals surface area contributed by atoms with Gasteiger partial charge in [-0.15, -0.1) is 11.3 Å². The van der Waals surface area contributed by atoms with E-state index >= 15 is 0 Å². The molecule has 4 heterocycles. The van der Waals surface area contributed by atoms with Crippen LogP contribution in [0, 0.1) is 0 Å². The van der Waals surface area contributed by atoms with Crippen LogP contribution in [0.2, 0.25) is 0 Å². The van der Waals surface area contributed by atoms with Gasteiger partial charge >= 0.3 is 0 Å². The Hall–Kier alpha value is -3.89. The number of hydrogen-bond acceptors (Lipinski definition) is 9. The Bertz CT molecular complexity index is 1620. The van der Waals surface area contributed by atoms with Crippen molar-refractivity contribution in [1.29, 1.82) is 0 Å². The maximum atomic E-state index is 12.5. The Morgan fingerprint density at radius 1 is 1.17 bits per heavy atom. The van der Waals surface area contributed by atoms with Crippen molar-refractivity contribution < 1.29 is 14.3 Å². The van der Waals surface area contributed by atoms with E-state index in [0.29, 0.717) is 27.7 Å². The van der Waals surface area contributed by atoms with E-state index < -0.39 is 5.91 Å². The number of anilines is 3. The third kappa shape index (κ3) is 5.13. The molecule has 2 saturated heterocycles. The first kappa shape index (κ1) is 28.2. The van der Waals surface area contributed by atoms with Crippen LogP contribution in [0.15, 0.2) is 48.7 Å². The molecule has 1 amide bonds. The Kier molecular flexibility index (Phi) is 7.67. The van der Waals surface area contributed by atoms with Gasteiger partial charge in [0.2, 0.25) is 5.95 Å². The highest BCUT2D eigenvalue weighted by Gasteiger charge is 2.45. The van der Waals surface area contributed by atoms with E-state index in [-0.39, 0.29) is 11.6 Å². The minimum absolute atomic E-state index is 0.00770. The number of likely N-dealkylation sites (N-methyl/N-ethyl adjacent to an activating group) is 1. The van der Waals surface area contributed by atoms with Crippen molar-refractivity contribution in [3.8, 4) is 22.6 Å². The summed E-state index contributed by atoms with van der Waals surface area (Å²) in [6.45, 7) is 10.7. The molecule has 2 fully saturated rings. The van der Waals surface area contributed by atoms with Crippen LogP contribution in [-0.4, -0.2) is 65.7 Å². The zero-order valence-corrected chi connectivity index (χ0v) is 25.5. The lowest BCUT2D eigenvalue weighted by atomic mass is 9.95. The van der Waals surface area contributed by atoms with E-state index in [1.54, 1.807) is 13.3 Å². The number of nitrogens with one attached hydrogen (secondary N) is 1. The molecular formula is C32H38N6O3S. The summed E-state index contributed by atoms with van der Waals surface area (Å²) < 4.78 is 12.7. The summed E-state index contributed by atoms with van der Waals surface area (Å²) in [7, 11) is 1.61. The summed E-state index contributed by atoms with van der Waals surface area (Å²) in [5.41, 5.74) is 10.1. The van der Waals surface area contributed by atoms with Crippen molar-refractivity contribution in [2.24, 2.45) is 5.73 Å². The molecule has 6 rings (SSSR count). The zero-order valence-electron chi connectivity index (χ0n) is 24.6. The molecule has 0 aliphatic carbocycles. The number of nitrogens with two attached hydrogens (primary N) is 1. The fraction of sp³-hybridized carbons (Fsp3) is 0.406. The van der Waals surface area contributed by atoms with Gasteiger partial charge in [0.05, 0.1) is 35.3 Å². The van der Waals surface area contributed by atoms with Crippen molar-refractivity contribution >= 4 is 44.8 Å². The van der Waals surface area contributed by atoms with Crippen molar-refractivity contribution in [2.45, 2.75) is 51.7 Å². The maximum absolute atomic E-state index is 12.5. The normalized spacial score (nSPS) is 18.8. The lowest BCUT2D eigenvalue weighted by Crippen LogP contribution is -2.45. The summed E-state index contributed by atoms with van der Waals surface area (Å²) >= 11 is 1.28. The smallest absolute Gasteiger partial charge is 0.259 e. The number of nitrogens with zero attached hydrogens (tertiary/aromatic N) is 4. The first-order valence-corrected chi connectivity index (χ1v) is 15.4. The van der Waals surface area contributed by atoms with Crippen LogP contribution in [0.25, 0.3) is 21.3 Å². The van der Waals surface area contributed by atoms with Gasteiger partial charge in [0.25, 0.3) is 5.91 Å². The molecule has 2 aromatic carbocycles. The predicted molar refractivity (Wildman–Crippen MR) is 169 cm³/mol. The average molecular weight is 587 g/mol. The van der Waals surface area contributed by atoms with Gasteiger partial charge in [0.15, 0.2) is 0 Å². The SMILES string of the molecule is CCN1CCCC12CCN(c1ccc(Nc3ncc4sc(C(N)=O)c(-c5ccccc5OC)c4n3)c(OC(C)C)c1)C2. The predicted octanol–water partition coefficient (Wildman–Crippen LogP) is 6.06. The Labute approximate surface area is 250 Å². The number of aromatic nitrogens is 2. The lowest BCUT2D eigenvalue weighted by Gasteiger charge is -2.34. The van der Waals surface area contributed by atoms with Gasteiger partial charge in [0.1, 0.15) is 16.4 Å². The molecular weight excluding hydrogens is 548 g/mol. The second-order valence-electron chi connectivity index (χ2n) is 11.3. The Morgan fingerprint density at radius 3 is 2.76 bits per heavy atom. The third-order valence-electron chi connectivity index (χ3n) is 8.43. The van der Waals surface area contributed by atoms with Crippen molar-refractivity contribution in [1.82, 2.24) is 14.9 Å². The fourth-order valence-corrected chi connectivity index (χ4v) is 7.52. The standard InChI is InChI=1S/C32H38N6O3S/c1-5-38-15-8-13-32(38)14-16-37(19-32)21-11-12-23(25(17-21)41-20(2)3)35-31-34-18-26-28(36-31)27(29(42-26)30(33)39)22-9-6-7-10-24(22)40-4/h6-7,9-12,17-18,20H,5,8,13-16,19H2,1-4H3,(H2,33,39)(H,34,35,36). The van der Waals surface area contributed by atoms with Crippen molar-refractivity contribution in [3.05, 3.63) is 53.5 Å². The first-order valence-electron chi connectivity index (χ1n) is 14.6. The molecule has 0 radical (unpaired) electrons. The molecule has 42 heavy (non-hydrogen) atoms. The molecule has 1 unspecified atom stereocenters. The van der Waals surface area contributed by atoms with Gasteiger partial charge in [-0.3, -0.25) is 9.69 Å². The molecule has 10 heteroatoms. The number of ether oxygens (including phenoxy) is 2. The Morgan fingerprint density at radius 2 is 2.00 bits per heavy atom. The topological polar surface area (TPSA) is 106 Å². The lowest BCUT2D eigenvalue weighted by molar-refractivity contribution is 0.100. The molecule has 3 N–H and O–H groups in total. The molecule has 0 bridgehead atoms. The van der Waals surface area contributed by atoms with Crippen LogP contribution >= 0.6 is 11.3 Å². The molecule has 0 saturated carbocycles. The summed E-state index contributed by atoms with van der Waals surface area (Å²) in [4.78, 5) is 27.5. The molecule has 9 nitrogen and oxygen atoms in total. The van der Waals surface area contributed by atoms with Crippen LogP contribution in [0.4, 0.5) is 17.3 Å². The molecule has 1 spiro atoms. The first-order chi connectivity index (χ1) is 20.3. The minimum atomic E-state index is -0.514. The number of benzene rings is 2. The highest BCUT2D eigenvalue weighted by Crippen LogP contribution is 2.43. The summed E-state index contributed by atoms with van der Waals surface area (Å²) in [5.74, 6) is 1.27. The second-order valence-corrected chi connectivity index (χ2v) is 12.4. The van der Waals surface area contributed by atoms with Crippen LogP contribution in [0.3, 0.4) is 0 Å². The van der Waals surface area contributed by atoms with E-state index in [9.17, 15) is 4.79 Å². The van der Waals surface area contributed by atoms with E-state index in [1.807, 2.05) is 44.2 Å². The molecule has 220 valence electrons. The largest absolute Gasteiger partial charge is 0.496 e. The molecule has 2 aromatic heterocycles. The summed E-state index contributed by atoms with van der Waals surface area (Å²) in [6.07, 6.45) is 5.45. The number of amides is 1. The number of primary amides is 1. The van der Waals surface area contributed by atoms with E-state index in [0.717, 1.165) is 47.0 Å². The van der Waals surface area contributed by atoms with E-state index in [1.165, 1.54) is 37.1 Å². The van der Waals surface area contributed by atoms with Gasteiger partial charge in [-0.25, -0.2) is 9.97 Å². The number of para-hydroxylation sites is 1. The monoisotopic (exact) mass is 586 g/mol. The van der Waals surface area contributed by atoms with Crippen molar-refractivity contribution in [3.63, 3.8) is 0 Å². The zero-order chi connectivity index (χ0) is 29.4. The van der Waals surface area contributed by atoms with Gasteiger partial charge in [-0.2, -0.15) is 0 Å². The van der Waals surface area contributed by atoms with Gasteiger partial charge in [0, 0.05) is 41.5 Å². The number of carbonyl (C=O) groups excluding carboxylic acids is 1. The number of rotatable bonds is 9. The highest BCUT2D eigenvalue weighted by molar-refractivity contribution is 7.21. The number of fused-ring (bicyclic) bond motifs is 1. The van der Waals surface area contributed by atoms with Crippen LogP contribution < -0.4 is 25.4 Å². The minimum Gasteiger partial charge on any atom is -0.496 e. The number of hydrogen-bond donors (Lipinski definition) is 2. The Balaban J connectivity index is 1.34. The van der Waals surface area contributed by atoms with E-state index in [4.69, 9.17) is 20.2 Å². The molecule has 2 aliphatic rings. The van der Waals surface area contributed by atoms with Crippen LogP contribution in [0.1, 0.15) is 49.7 Å². The van der Waals surface area contributed by atoms with Gasteiger partial charge in [-0.05, 0) is 64.4 Å². The van der Waals surface area contributed by atoms with Crippen molar-refractivity contribution in [2.75, 3.05) is 43.5 Å². The average Bonchev–Trinajstić information content (AvgIpc) is 3.70. The molecule has 2 aliphatic heterocycles. The van der Waals surface area contributed by atoms with Crippen LogP contribution in [-0.2, 0) is 0 Å². The van der Waals surface area contributed by atoms with Gasteiger partial charge < -0.3 is 25.4 Å². The number of carbonyl (C=O) groups is 1. The van der Waals surface area contributed by atoms with Crippen LogP contribution in [0.5, 0.6) is 11.5 Å². The summed E-state index contributed by atoms with van der Waals surface area (Å²) in [6, 6.07) is 13.9. The number of thiophene rings is 1. The highest BCUT2D eigenvalue weighted by atomic mass is 32.1. The number of likely N-dealkylation sites (tertiary alicyclic amines) is 1. The quantitative estimate of drug-likeness (QED) is 0.244. The molecule has 1 atom stereocenters. The summed E-state index contributed by atoms with van der Waals surface area (Å²) in [5, 5.41) is 3.38. The number of methoxy groups -OCH3 is 1.